The Morgan fingerprint density at radius 1 is 1.08 bits per heavy atom. The molecule has 0 bridgehead atoms. The number of esters is 1. The number of ether oxygens (including phenoxy) is 1. The first-order valence-electron chi connectivity index (χ1n) is 8.29. The standard InChI is InChI=1S/C21H17N3O2/c1-26-21(25)20-18(13-24-12-11-22-14-24)23-17-10-6-5-9-16(17)19(20)15-7-3-2-4-8-15/h2-12,14H,13H2,1H3. The van der Waals surface area contributed by atoms with E-state index < -0.39 is 5.97 Å². The SMILES string of the molecule is COC(=O)c1c(Cn2ccnc2)nc2ccccc2c1-c1ccccc1. The summed E-state index contributed by atoms with van der Waals surface area (Å²) in [5.41, 5.74) is 3.80. The predicted molar refractivity (Wildman–Crippen MR) is 99.8 cm³/mol. The molecule has 0 saturated heterocycles. The van der Waals surface area contributed by atoms with Crippen LogP contribution in [0.15, 0.2) is 73.3 Å². The zero-order valence-corrected chi connectivity index (χ0v) is 14.3. The lowest BCUT2D eigenvalue weighted by molar-refractivity contribution is 0.0600. The van der Waals surface area contributed by atoms with E-state index in [1.807, 2.05) is 65.4 Å². The van der Waals surface area contributed by atoms with Crippen LogP contribution in [0.1, 0.15) is 16.1 Å². The maximum atomic E-state index is 12.7. The van der Waals surface area contributed by atoms with E-state index in [2.05, 4.69) is 4.98 Å². The molecule has 0 fully saturated rings. The zero-order chi connectivity index (χ0) is 17.9. The van der Waals surface area contributed by atoms with Crippen molar-refractivity contribution in [2.24, 2.45) is 0 Å². The molecule has 0 aliphatic carbocycles. The molecule has 0 atom stereocenters. The molecular weight excluding hydrogens is 326 g/mol. The van der Waals surface area contributed by atoms with E-state index in [0.717, 1.165) is 22.0 Å². The molecule has 0 spiro atoms. The quantitative estimate of drug-likeness (QED) is 0.527. The third-order valence-corrected chi connectivity index (χ3v) is 4.31. The van der Waals surface area contributed by atoms with Gasteiger partial charge in [-0.1, -0.05) is 48.5 Å². The maximum Gasteiger partial charge on any atom is 0.340 e. The number of hydrogen-bond donors (Lipinski definition) is 0. The highest BCUT2D eigenvalue weighted by Crippen LogP contribution is 2.33. The van der Waals surface area contributed by atoms with Gasteiger partial charge in [-0.05, 0) is 11.6 Å². The van der Waals surface area contributed by atoms with Crippen LogP contribution in [0, 0.1) is 0 Å². The molecule has 0 saturated carbocycles. The summed E-state index contributed by atoms with van der Waals surface area (Å²) < 4.78 is 6.99. The normalized spacial score (nSPS) is 10.8. The first kappa shape index (κ1) is 16.0. The highest BCUT2D eigenvalue weighted by Gasteiger charge is 2.23. The summed E-state index contributed by atoms with van der Waals surface area (Å²) in [5, 5.41) is 0.925. The number of nitrogens with zero attached hydrogens (tertiary/aromatic N) is 3. The minimum absolute atomic E-state index is 0.391. The fourth-order valence-corrected chi connectivity index (χ4v) is 3.16. The molecule has 5 heteroatoms. The van der Waals surface area contributed by atoms with Crippen molar-refractivity contribution in [3.05, 3.63) is 84.6 Å². The Hall–Kier alpha value is -3.47. The molecule has 2 heterocycles. The van der Waals surface area contributed by atoms with Crippen molar-refractivity contribution in [3.8, 4) is 11.1 Å². The molecule has 2 aromatic carbocycles. The monoisotopic (exact) mass is 343 g/mol. The summed E-state index contributed by atoms with van der Waals surface area (Å²) in [6.45, 7) is 0.440. The lowest BCUT2D eigenvalue weighted by atomic mass is 9.94. The van der Waals surface area contributed by atoms with Crippen molar-refractivity contribution < 1.29 is 9.53 Å². The molecule has 0 radical (unpaired) electrons. The minimum atomic E-state index is -0.391. The molecular formula is C21H17N3O2. The van der Waals surface area contributed by atoms with Crippen LogP contribution >= 0.6 is 0 Å². The van der Waals surface area contributed by atoms with Gasteiger partial charge in [-0.15, -0.1) is 0 Å². The van der Waals surface area contributed by atoms with Gasteiger partial charge in [0.1, 0.15) is 0 Å². The van der Waals surface area contributed by atoms with Gasteiger partial charge < -0.3 is 9.30 Å². The molecule has 5 nitrogen and oxygen atoms in total. The van der Waals surface area contributed by atoms with E-state index in [4.69, 9.17) is 9.72 Å². The van der Waals surface area contributed by atoms with Gasteiger partial charge in [-0.2, -0.15) is 0 Å². The Labute approximate surface area is 150 Å². The number of methoxy groups -OCH3 is 1. The summed E-state index contributed by atoms with van der Waals surface area (Å²) in [7, 11) is 1.40. The number of benzene rings is 2. The minimum Gasteiger partial charge on any atom is -0.465 e. The lowest BCUT2D eigenvalue weighted by Gasteiger charge is -2.16. The van der Waals surface area contributed by atoms with Crippen LogP contribution in [-0.4, -0.2) is 27.6 Å². The van der Waals surface area contributed by atoms with Crippen LogP contribution in [0.3, 0.4) is 0 Å². The van der Waals surface area contributed by atoms with Crippen molar-refractivity contribution in [3.63, 3.8) is 0 Å². The summed E-state index contributed by atoms with van der Waals surface area (Å²) in [6, 6.07) is 17.7. The van der Waals surface area contributed by atoms with Crippen molar-refractivity contribution in [1.82, 2.24) is 14.5 Å². The van der Waals surface area contributed by atoms with Gasteiger partial charge in [0.05, 0.1) is 36.8 Å². The van der Waals surface area contributed by atoms with Crippen molar-refractivity contribution in [1.29, 1.82) is 0 Å². The summed E-state index contributed by atoms with van der Waals surface area (Å²) in [6.07, 6.45) is 5.26. The Kier molecular flexibility index (Phi) is 4.19. The number of carbonyl (C=O) groups excluding carboxylic acids is 1. The van der Waals surface area contributed by atoms with Crippen LogP contribution in [0.5, 0.6) is 0 Å². The average Bonchev–Trinajstić information content (AvgIpc) is 3.20. The number of imidazole rings is 1. The summed E-state index contributed by atoms with van der Waals surface area (Å²) >= 11 is 0. The Morgan fingerprint density at radius 3 is 2.58 bits per heavy atom. The largest absolute Gasteiger partial charge is 0.465 e. The first-order chi connectivity index (χ1) is 12.8. The smallest absolute Gasteiger partial charge is 0.340 e. The van der Waals surface area contributed by atoms with E-state index in [1.54, 1.807) is 12.5 Å². The zero-order valence-electron chi connectivity index (χ0n) is 14.3. The van der Waals surface area contributed by atoms with Crippen molar-refractivity contribution in [2.75, 3.05) is 7.11 Å². The molecule has 0 amide bonds. The first-order valence-corrected chi connectivity index (χ1v) is 8.29. The topological polar surface area (TPSA) is 57.0 Å². The van der Waals surface area contributed by atoms with Crippen molar-refractivity contribution >= 4 is 16.9 Å². The number of fused-ring (bicyclic) bond motifs is 1. The fourth-order valence-electron chi connectivity index (χ4n) is 3.16. The number of para-hydroxylation sites is 1. The molecule has 128 valence electrons. The molecule has 0 aliphatic heterocycles. The van der Waals surface area contributed by atoms with Crippen LogP contribution < -0.4 is 0 Å². The maximum absolute atomic E-state index is 12.7. The summed E-state index contributed by atoms with van der Waals surface area (Å²) in [5.74, 6) is -0.391. The number of rotatable bonds is 4. The van der Waals surface area contributed by atoms with E-state index in [1.165, 1.54) is 7.11 Å². The Balaban J connectivity index is 2.06. The third kappa shape index (κ3) is 2.84. The van der Waals surface area contributed by atoms with Crippen molar-refractivity contribution in [2.45, 2.75) is 6.54 Å². The van der Waals surface area contributed by atoms with Gasteiger partial charge in [0.2, 0.25) is 0 Å². The number of pyridine rings is 1. The van der Waals surface area contributed by atoms with Gasteiger partial charge >= 0.3 is 5.97 Å². The number of hydrogen-bond acceptors (Lipinski definition) is 4. The van der Waals surface area contributed by atoms with E-state index in [0.29, 0.717) is 17.8 Å². The second-order valence-electron chi connectivity index (χ2n) is 5.92. The Morgan fingerprint density at radius 2 is 1.85 bits per heavy atom. The van der Waals surface area contributed by atoms with Crippen LogP contribution in [-0.2, 0) is 11.3 Å². The van der Waals surface area contributed by atoms with Gasteiger partial charge in [-0.25, -0.2) is 14.8 Å². The second kappa shape index (κ2) is 6.80. The molecule has 2 aromatic heterocycles. The average molecular weight is 343 g/mol. The molecule has 4 aromatic rings. The van der Waals surface area contributed by atoms with E-state index in [9.17, 15) is 4.79 Å². The van der Waals surface area contributed by atoms with Crippen LogP contribution in [0.4, 0.5) is 0 Å². The van der Waals surface area contributed by atoms with Crippen LogP contribution in [0.2, 0.25) is 0 Å². The lowest BCUT2D eigenvalue weighted by Crippen LogP contribution is -2.13. The predicted octanol–water partition coefficient (Wildman–Crippen LogP) is 3.93. The second-order valence-corrected chi connectivity index (χ2v) is 5.92. The Bertz CT molecular complexity index is 1060. The highest BCUT2D eigenvalue weighted by molar-refractivity contribution is 6.07. The molecule has 4 rings (SSSR count). The third-order valence-electron chi connectivity index (χ3n) is 4.31. The van der Waals surface area contributed by atoms with Gasteiger partial charge in [0.25, 0.3) is 0 Å². The van der Waals surface area contributed by atoms with Gasteiger partial charge in [-0.3, -0.25) is 0 Å². The van der Waals surface area contributed by atoms with Gasteiger partial charge in [0.15, 0.2) is 0 Å². The highest BCUT2D eigenvalue weighted by atomic mass is 16.5. The van der Waals surface area contributed by atoms with Gasteiger partial charge in [0, 0.05) is 23.3 Å². The molecule has 0 N–H and O–H groups in total. The number of carbonyl (C=O) groups is 1. The molecule has 0 aliphatic rings. The number of aromatic nitrogens is 3. The fraction of sp³-hybridized carbons (Fsp3) is 0.0952. The van der Waals surface area contributed by atoms with E-state index >= 15 is 0 Å². The summed E-state index contributed by atoms with van der Waals surface area (Å²) in [4.78, 5) is 21.5. The van der Waals surface area contributed by atoms with Crippen LogP contribution in [0.25, 0.3) is 22.0 Å². The van der Waals surface area contributed by atoms with E-state index in [-0.39, 0.29) is 0 Å². The molecule has 0 unspecified atom stereocenters. The molecule has 26 heavy (non-hydrogen) atoms.